The molecule has 4 rings (SSSR count). The van der Waals surface area contributed by atoms with Crippen molar-refractivity contribution in [3.63, 3.8) is 0 Å². The van der Waals surface area contributed by atoms with Crippen molar-refractivity contribution < 1.29 is 13.9 Å². The molecule has 2 aromatic rings. The Morgan fingerprint density at radius 2 is 2.00 bits per heavy atom. The number of carbonyl (C=O) groups excluding carboxylic acids is 1. The van der Waals surface area contributed by atoms with E-state index in [1.807, 2.05) is 24.3 Å². The number of piperidine rings is 1. The van der Waals surface area contributed by atoms with Crippen molar-refractivity contribution in [1.82, 2.24) is 0 Å². The van der Waals surface area contributed by atoms with Gasteiger partial charge in [-0.25, -0.2) is 4.39 Å². The molecule has 1 fully saturated rings. The number of rotatable bonds is 3. The molecule has 0 atom stereocenters. The zero-order chi connectivity index (χ0) is 18.1. The third-order valence-electron chi connectivity index (χ3n) is 4.89. The first-order valence-corrected chi connectivity index (χ1v) is 8.92. The molecular weight excluding hydrogens is 333 g/mol. The van der Waals surface area contributed by atoms with Gasteiger partial charge in [-0.2, -0.15) is 0 Å². The number of carbonyl (C=O) groups is 1. The molecule has 0 radical (unpaired) electrons. The standard InChI is InChI=1S/C20H22FN3O2/c1-13-10-16(24-8-6-14(21)7-9-24)3-5-17(13)22-15-2-4-18-19(11-15)26-12-20(25)23-18/h2-5,10-11,14,22H,6-9,12H2,1H3,(H,23,25). The lowest BCUT2D eigenvalue weighted by molar-refractivity contribution is -0.118. The van der Waals surface area contributed by atoms with E-state index < -0.39 is 6.17 Å². The van der Waals surface area contributed by atoms with Gasteiger partial charge in [-0.3, -0.25) is 4.79 Å². The summed E-state index contributed by atoms with van der Waals surface area (Å²) in [6.45, 7) is 3.63. The molecule has 2 aliphatic rings. The van der Waals surface area contributed by atoms with Gasteiger partial charge in [-0.05, 0) is 55.7 Å². The van der Waals surface area contributed by atoms with Crippen LogP contribution in [0.3, 0.4) is 0 Å². The predicted molar refractivity (Wildman–Crippen MR) is 101 cm³/mol. The fourth-order valence-corrected chi connectivity index (χ4v) is 3.40. The highest BCUT2D eigenvalue weighted by molar-refractivity contribution is 5.95. The average molecular weight is 355 g/mol. The molecule has 0 spiro atoms. The number of hydrogen-bond acceptors (Lipinski definition) is 4. The number of halogens is 1. The zero-order valence-electron chi connectivity index (χ0n) is 14.7. The van der Waals surface area contributed by atoms with Gasteiger partial charge in [0.25, 0.3) is 5.91 Å². The Hall–Kier alpha value is -2.76. The molecule has 5 nitrogen and oxygen atoms in total. The normalized spacial score (nSPS) is 17.3. The summed E-state index contributed by atoms with van der Waals surface area (Å²) in [4.78, 5) is 13.6. The van der Waals surface area contributed by atoms with Crippen LogP contribution in [0, 0.1) is 6.92 Å². The highest BCUT2D eigenvalue weighted by atomic mass is 19.1. The van der Waals surface area contributed by atoms with Crippen molar-refractivity contribution in [2.75, 3.05) is 35.2 Å². The summed E-state index contributed by atoms with van der Waals surface area (Å²) in [5.74, 6) is 0.527. The minimum absolute atomic E-state index is 0.0414. The number of amides is 1. The van der Waals surface area contributed by atoms with E-state index in [1.165, 1.54) is 0 Å². The summed E-state index contributed by atoms with van der Waals surface area (Å²) in [6.07, 6.45) is 0.541. The van der Waals surface area contributed by atoms with Gasteiger partial charge in [0, 0.05) is 36.2 Å². The summed E-state index contributed by atoms with van der Waals surface area (Å²) >= 11 is 0. The first-order valence-electron chi connectivity index (χ1n) is 8.92. The van der Waals surface area contributed by atoms with Crippen LogP contribution in [0.1, 0.15) is 18.4 Å². The minimum Gasteiger partial charge on any atom is -0.482 e. The molecule has 0 saturated carbocycles. The molecular formula is C20H22FN3O2. The Morgan fingerprint density at radius 3 is 2.77 bits per heavy atom. The van der Waals surface area contributed by atoms with Gasteiger partial charge in [0.15, 0.2) is 6.61 Å². The second kappa shape index (κ2) is 6.86. The number of alkyl halides is 1. The van der Waals surface area contributed by atoms with E-state index in [1.54, 1.807) is 0 Å². The van der Waals surface area contributed by atoms with Gasteiger partial charge in [-0.15, -0.1) is 0 Å². The van der Waals surface area contributed by atoms with E-state index >= 15 is 0 Å². The Morgan fingerprint density at radius 1 is 1.19 bits per heavy atom. The molecule has 2 aromatic carbocycles. The SMILES string of the molecule is Cc1cc(N2CCC(F)CC2)ccc1Nc1ccc2c(c1)OCC(=O)N2. The lowest BCUT2D eigenvalue weighted by atomic mass is 10.1. The second-order valence-corrected chi connectivity index (χ2v) is 6.83. The summed E-state index contributed by atoms with van der Waals surface area (Å²) in [6, 6.07) is 11.9. The molecule has 0 aromatic heterocycles. The van der Waals surface area contributed by atoms with Crippen molar-refractivity contribution >= 4 is 28.7 Å². The molecule has 0 unspecified atom stereocenters. The first-order chi connectivity index (χ1) is 12.6. The van der Waals surface area contributed by atoms with Crippen molar-refractivity contribution in [3.05, 3.63) is 42.0 Å². The third kappa shape index (κ3) is 3.45. The van der Waals surface area contributed by atoms with Crippen LogP contribution in [0.2, 0.25) is 0 Å². The summed E-state index contributed by atoms with van der Waals surface area (Å²) in [5, 5.41) is 6.18. The van der Waals surface area contributed by atoms with E-state index in [2.05, 4.69) is 34.6 Å². The second-order valence-electron chi connectivity index (χ2n) is 6.83. The number of hydrogen-bond donors (Lipinski definition) is 2. The molecule has 2 aliphatic heterocycles. The first kappa shape index (κ1) is 16.7. The molecule has 1 amide bonds. The van der Waals surface area contributed by atoms with E-state index in [9.17, 15) is 9.18 Å². The number of nitrogens with zero attached hydrogens (tertiary/aromatic N) is 1. The van der Waals surface area contributed by atoms with Gasteiger partial charge in [0.1, 0.15) is 11.9 Å². The fourth-order valence-electron chi connectivity index (χ4n) is 3.40. The third-order valence-corrected chi connectivity index (χ3v) is 4.89. The van der Waals surface area contributed by atoms with Gasteiger partial charge in [0.05, 0.1) is 5.69 Å². The molecule has 0 bridgehead atoms. The van der Waals surface area contributed by atoms with E-state index in [4.69, 9.17) is 4.74 Å². The number of aryl methyl sites for hydroxylation is 1. The highest BCUT2D eigenvalue weighted by Crippen LogP contribution is 2.33. The quantitative estimate of drug-likeness (QED) is 0.874. The summed E-state index contributed by atoms with van der Waals surface area (Å²) < 4.78 is 18.8. The largest absolute Gasteiger partial charge is 0.482 e. The molecule has 6 heteroatoms. The van der Waals surface area contributed by atoms with Crippen LogP contribution < -0.4 is 20.3 Å². The Kier molecular flexibility index (Phi) is 4.41. The van der Waals surface area contributed by atoms with Crippen LogP contribution in [-0.2, 0) is 4.79 Å². The number of ether oxygens (including phenoxy) is 1. The van der Waals surface area contributed by atoms with Crippen LogP contribution >= 0.6 is 0 Å². The van der Waals surface area contributed by atoms with E-state index in [-0.39, 0.29) is 12.5 Å². The van der Waals surface area contributed by atoms with Crippen LogP contribution in [0.15, 0.2) is 36.4 Å². The molecule has 26 heavy (non-hydrogen) atoms. The lowest BCUT2D eigenvalue weighted by Crippen LogP contribution is -2.34. The van der Waals surface area contributed by atoms with Gasteiger partial charge < -0.3 is 20.3 Å². The predicted octanol–water partition coefficient (Wildman–Crippen LogP) is 4.01. The molecule has 1 saturated heterocycles. The monoisotopic (exact) mass is 355 g/mol. The fraction of sp³-hybridized carbons (Fsp3) is 0.350. The van der Waals surface area contributed by atoms with Gasteiger partial charge in [0.2, 0.25) is 0 Å². The van der Waals surface area contributed by atoms with Gasteiger partial charge >= 0.3 is 0 Å². The Labute approximate surface area is 152 Å². The lowest BCUT2D eigenvalue weighted by Gasteiger charge is -2.31. The van der Waals surface area contributed by atoms with E-state index in [0.29, 0.717) is 24.3 Å². The van der Waals surface area contributed by atoms with Gasteiger partial charge in [-0.1, -0.05) is 0 Å². The topological polar surface area (TPSA) is 53.6 Å². The average Bonchev–Trinajstić information content (AvgIpc) is 2.64. The molecule has 0 aliphatic carbocycles. The Bertz CT molecular complexity index is 832. The van der Waals surface area contributed by atoms with Crippen LogP contribution in [-0.4, -0.2) is 31.8 Å². The number of nitrogens with one attached hydrogen (secondary N) is 2. The highest BCUT2D eigenvalue weighted by Gasteiger charge is 2.19. The maximum absolute atomic E-state index is 13.3. The minimum atomic E-state index is -0.663. The number of benzene rings is 2. The molecule has 136 valence electrons. The van der Waals surface area contributed by atoms with Crippen molar-refractivity contribution in [2.45, 2.75) is 25.9 Å². The number of anilines is 4. The maximum atomic E-state index is 13.3. The Balaban J connectivity index is 1.49. The maximum Gasteiger partial charge on any atom is 0.262 e. The zero-order valence-corrected chi connectivity index (χ0v) is 14.7. The van der Waals surface area contributed by atoms with Crippen molar-refractivity contribution in [3.8, 4) is 5.75 Å². The summed E-state index contributed by atoms with van der Waals surface area (Å²) in [5.41, 5.74) is 4.85. The van der Waals surface area contributed by atoms with Crippen LogP contribution in [0.25, 0.3) is 0 Å². The van der Waals surface area contributed by atoms with Crippen molar-refractivity contribution in [1.29, 1.82) is 0 Å². The smallest absolute Gasteiger partial charge is 0.262 e. The number of fused-ring (bicyclic) bond motifs is 1. The van der Waals surface area contributed by atoms with E-state index in [0.717, 1.165) is 35.7 Å². The van der Waals surface area contributed by atoms with Crippen LogP contribution in [0.4, 0.5) is 27.1 Å². The molecule has 2 heterocycles. The summed E-state index contributed by atoms with van der Waals surface area (Å²) in [7, 11) is 0. The molecule has 2 N–H and O–H groups in total. The van der Waals surface area contributed by atoms with Crippen LogP contribution in [0.5, 0.6) is 5.75 Å². The van der Waals surface area contributed by atoms with Crippen molar-refractivity contribution in [2.24, 2.45) is 0 Å².